The van der Waals surface area contributed by atoms with E-state index in [1.165, 1.54) is 7.11 Å². The van der Waals surface area contributed by atoms with E-state index >= 15 is 0 Å². The zero-order valence-electron chi connectivity index (χ0n) is 25.9. The second-order valence-electron chi connectivity index (χ2n) is 12.2. The van der Waals surface area contributed by atoms with Crippen LogP contribution in [0.4, 0.5) is 5.69 Å². The number of hydrogen-bond donors (Lipinski definition) is 2. The molecule has 8 nitrogen and oxygen atoms in total. The third-order valence-corrected chi connectivity index (χ3v) is 8.48. The van der Waals surface area contributed by atoms with E-state index in [1.807, 2.05) is 106 Å². The van der Waals surface area contributed by atoms with E-state index in [0.717, 1.165) is 16.8 Å². The highest BCUT2D eigenvalue weighted by Gasteiger charge is 2.59. The van der Waals surface area contributed by atoms with E-state index in [0.29, 0.717) is 22.9 Å². The standard InChI is InChI=1S/C34H42ClN3O5/c1-34(2,3)27-28(36-20-22-19-23(35)17-18-26(22)42-6)29(24-15-11-12-16-25(24)37(4)5)38(30(27)33(40)41)32(39)31(43-7)21-13-9-8-10-14-21/h8-19,27-31,36H,20H2,1-7H3,(H,40,41)/t27-,28-,29-,30-,31+/m0/s1. The van der Waals surface area contributed by atoms with Crippen molar-refractivity contribution in [2.75, 3.05) is 33.2 Å². The maximum Gasteiger partial charge on any atom is 0.326 e. The molecule has 4 rings (SSSR count). The van der Waals surface area contributed by atoms with Gasteiger partial charge in [-0.05, 0) is 40.8 Å². The quantitative estimate of drug-likeness (QED) is 0.294. The molecule has 0 spiro atoms. The summed E-state index contributed by atoms with van der Waals surface area (Å²) in [6.07, 6.45) is -0.982. The lowest BCUT2D eigenvalue weighted by molar-refractivity contribution is -0.157. The largest absolute Gasteiger partial charge is 0.496 e. The molecular formula is C34H42ClN3O5. The molecule has 1 saturated heterocycles. The molecule has 5 atom stereocenters. The molecule has 0 saturated carbocycles. The molecule has 1 heterocycles. The Morgan fingerprint density at radius 2 is 1.67 bits per heavy atom. The minimum Gasteiger partial charge on any atom is -0.496 e. The van der Waals surface area contributed by atoms with Crippen LogP contribution in [-0.4, -0.2) is 62.3 Å². The number of carbonyl (C=O) groups is 2. The lowest BCUT2D eigenvalue weighted by Gasteiger charge is -2.36. The number of methoxy groups -OCH3 is 2. The van der Waals surface area contributed by atoms with Gasteiger partial charge in [0.2, 0.25) is 0 Å². The predicted octanol–water partition coefficient (Wildman–Crippen LogP) is 5.96. The van der Waals surface area contributed by atoms with Gasteiger partial charge in [0, 0.05) is 56.0 Å². The SMILES string of the molecule is COc1ccc(Cl)cc1CN[C@H]1[C@H](C(C)(C)C)[C@@H](C(=O)O)N(C(=O)[C@H](OC)c2ccccc2)[C@H]1c1ccccc1N(C)C. The van der Waals surface area contributed by atoms with Crippen LogP contribution in [0.3, 0.4) is 0 Å². The monoisotopic (exact) mass is 607 g/mol. The molecule has 1 aliphatic heterocycles. The van der Waals surface area contributed by atoms with Crippen molar-refractivity contribution in [3.63, 3.8) is 0 Å². The zero-order valence-corrected chi connectivity index (χ0v) is 26.6. The summed E-state index contributed by atoms with van der Waals surface area (Å²) in [6, 6.07) is 20.2. The molecule has 0 aromatic heterocycles. The number of halogens is 1. The van der Waals surface area contributed by atoms with Crippen molar-refractivity contribution in [1.82, 2.24) is 10.2 Å². The number of carboxylic acids is 1. The Morgan fingerprint density at radius 1 is 1.02 bits per heavy atom. The Bertz CT molecular complexity index is 1430. The number of hydrogen-bond acceptors (Lipinski definition) is 6. The Balaban J connectivity index is 1.94. The number of nitrogens with one attached hydrogen (secondary N) is 1. The molecule has 1 aliphatic rings. The van der Waals surface area contributed by atoms with Gasteiger partial charge in [0.25, 0.3) is 5.91 Å². The third-order valence-electron chi connectivity index (χ3n) is 8.24. The minimum absolute atomic E-state index is 0.350. The molecule has 0 aliphatic carbocycles. The fourth-order valence-electron chi connectivity index (χ4n) is 6.45. The molecule has 230 valence electrons. The first-order chi connectivity index (χ1) is 20.4. The van der Waals surface area contributed by atoms with Crippen molar-refractivity contribution in [3.8, 4) is 5.75 Å². The maximum absolute atomic E-state index is 14.7. The highest BCUT2D eigenvalue weighted by atomic mass is 35.5. The van der Waals surface area contributed by atoms with E-state index in [1.54, 1.807) is 18.1 Å². The van der Waals surface area contributed by atoms with Gasteiger partial charge < -0.3 is 29.7 Å². The molecule has 0 bridgehead atoms. The summed E-state index contributed by atoms with van der Waals surface area (Å²) in [5.41, 5.74) is 2.72. The van der Waals surface area contributed by atoms with E-state index in [9.17, 15) is 14.7 Å². The van der Waals surface area contributed by atoms with E-state index in [4.69, 9.17) is 21.1 Å². The van der Waals surface area contributed by atoms with Gasteiger partial charge >= 0.3 is 5.97 Å². The van der Waals surface area contributed by atoms with Gasteiger partial charge in [0.1, 0.15) is 11.8 Å². The fraction of sp³-hybridized carbons (Fsp3) is 0.412. The molecule has 0 radical (unpaired) electrons. The van der Waals surface area contributed by atoms with Crippen molar-refractivity contribution in [2.24, 2.45) is 11.3 Å². The van der Waals surface area contributed by atoms with Gasteiger partial charge in [0.15, 0.2) is 6.10 Å². The lowest BCUT2D eigenvalue weighted by Crippen LogP contribution is -2.49. The van der Waals surface area contributed by atoms with Crippen LogP contribution in [0.15, 0.2) is 72.8 Å². The van der Waals surface area contributed by atoms with Crippen LogP contribution >= 0.6 is 11.6 Å². The average Bonchev–Trinajstić information content (AvgIpc) is 3.33. The number of rotatable bonds is 10. The Kier molecular flexibility index (Phi) is 10.1. The average molecular weight is 608 g/mol. The first-order valence-electron chi connectivity index (χ1n) is 14.4. The number of nitrogens with zero attached hydrogens (tertiary/aromatic N) is 2. The number of carboxylic acid groups (broad SMARTS) is 1. The molecule has 43 heavy (non-hydrogen) atoms. The molecule has 9 heteroatoms. The highest BCUT2D eigenvalue weighted by molar-refractivity contribution is 6.30. The number of amides is 1. The fourth-order valence-corrected chi connectivity index (χ4v) is 6.65. The summed E-state index contributed by atoms with van der Waals surface area (Å²) in [5.74, 6) is -1.28. The normalized spacial score (nSPS) is 21.0. The number of para-hydroxylation sites is 1. The number of aliphatic carboxylic acids is 1. The van der Waals surface area contributed by atoms with E-state index in [-0.39, 0.29) is 0 Å². The number of benzene rings is 3. The van der Waals surface area contributed by atoms with Crippen LogP contribution in [0.25, 0.3) is 0 Å². The molecule has 1 amide bonds. The van der Waals surface area contributed by atoms with Crippen LogP contribution in [0.5, 0.6) is 5.75 Å². The summed E-state index contributed by atoms with van der Waals surface area (Å²) in [5, 5.41) is 15.1. The number of carbonyl (C=O) groups excluding carboxylic acids is 1. The van der Waals surface area contributed by atoms with Crippen LogP contribution in [0.2, 0.25) is 5.02 Å². The van der Waals surface area contributed by atoms with E-state index in [2.05, 4.69) is 5.32 Å². The summed E-state index contributed by atoms with van der Waals surface area (Å²) < 4.78 is 11.4. The molecular weight excluding hydrogens is 566 g/mol. The van der Waals surface area contributed by atoms with Gasteiger partial charge in [-0.2, -0.15) is 0 Å². The van der Waals surface area contributed by atoms with Crippen LogP contribution in [0.1, 0.15) is 49.6 Å². The number of anilines is 1. The first-order valence-corrected chi connectivity index (χ1v) is 14.7. The predicted molar refractivity (Wildman–Crippen MR) is 170 cm³/mol. The topological polar surface area (TPSA) is 91.3 Å². The molecule has 3 aromatic carbocycles. The lowest BCUT2D eigenvalue weighted by atomic mass is 9.72. The smallest absolute Gasteiger partial charge is 0.326 e. The van der Waals surface area contributed by atoms with Gasteiger partial charge in [-0.25, -0.2) is 4.79 Å². The Morgan fingerprint density at radius 3 is 2.26 bits per heavy atom. The second-order valence-corrected chi connectivity index (χ2v) is 12.6. The summed E-state index contributed by atoms with van der Waals surface area (Å²) in [7, 11) is 6.96. The van der Waals surface area contributed by atoms with Crippen LogP contribution < -0.4 is 15.0 Å². The van der Waals surface area contributed by atoms with Crippen molar-refractivity contribution in [1.29, 1.82) is 0 Å². The minimum atomic E-state index is -1.13. The number of likely N-dealkylation sites (tertiary alicyclic amines) is 1. The van der Waals surface area contributed by atoms with Gasteiger partial charge in [-0.3, -0.25) is 4.79 Å². The Labute approximate surface area is 259 Å². The first kappa shape index (κ1) is 32.3. The van der Waals surface area contributed by atoms with Crippen molar-refractivity contribution >= 4 is 29.2 Å². The molecule has 2 N–H and O–H groups in total. The third kappa shape index (κ3) is 6.66. The zero-order chi connectivity index (χ0) is 31.5. The van der Waals surface area contributed by atoms with Crippen molar-refractivity contribution in [3.05, 3.63) is 94.5 Å². The van der Waals surface area contributed by atoms with Gasteiger partial charge in [0.05, 0.1) is 13.2 Å². The maximum atomic E-state index is 14.7. The van der Waals surface area contributed by atoms with Crippen LogP contribution in [0, 0.1) is 11.3 Å². The Hall–Kier alpha value is -3.59. The van der Waals surface area contributed by atoms with E-state index < -0.39 is 47.4 Å². The molecule has 3 aromatic rings. The number of ether oxygens (including phenoxy) is 2. The van der Waals surface area contributed by atoms with Crippen molar-refractivity contribution in [2.45, 2.75) is 51.5 Å². The van der Waals surface area contributed by atoms with Crippen LogP contribution in [-0.2, 0) is 20.9 Å². The van der Waals surface area contributed by atoms with Gasteiger partial charge in [-0.15, -0.1) is 0 Å². The summed E-state index contributed by atoms with van der Waals surface area (Å²) in [6.45, 7) is 6.42. The molecule has 1 fully saturated rings. The summed E-state index contributed by atoms with van der Waals surface area (Å²) in [4.78, 5) is 31.5. The van der Waals surface area contributed by atoms with Gasteiger partial charge in [-0.1, -0.05) is 80.9 Å². The second kappa shape index (κ2) is 13.4. The molecule has 0 unspecified atom stereocenters. The summed E-state index contributed by atoms with van der Waals surface area (Å²) >= 11 is 6.36. The highest BCUT2D eigenvalue weighted by Crippen LogP contribution is 2.50. The van der Waals surface area contributed by atoms with Crippen molar-refractivity contribution < 1.29 is 24.2 Å².